The van der Waals surface area contributed by atoms with Crippen LogP contribution in [0.25, 0.3) is 5.69 Å². The first-order chi connectivity index (χ1) is 15.8. The van der Waals surface area contributed by atoms with Crippen LogP contribution in [0, 0.1) is 0 Å². The maximum Gasteiger partial charge on any atom is 0.416 e. The van der Waals surface area contributed by atoms with Crippen molar-refractivity contribution < 1.29 is 22.7 Å². The van der Waals surface area contributed by atoms with Gasteiger partial charge in [0.25, 0.3) is 5.91 Å². The van der Waals surface area contributed by atoms with Crippen LogP contribution in [0.3, 0.4) is 0 Å². The Hall–Kier alpha value is -3.47. The second kappa shape index (κ2) is 9.57. The molecule has 1 amide bonds. The molecule has 0 bridgehead atoms. The van der Waals surface area contributed by atoms with Crippen molar-refractivity contribution >= 4 is 5.91 Å². The summed E-state index contributed by atoms with van der Waals surface area (Å²) in [6.07, 6.45) is -4.42. The summed E-state index contributed by atoms with van der Waals surface area (Å²) in [5.74, 6) is 1.16. The summed E-state index contributed by atoms with van der Waals surface area (Å²) in [5, 5.41) is 12.0. The number of ether oxygens (including phenoxy) is 1. The van der Waals surface area contributed by atoms with Gasteiger partial charge in [-0.3, -0.25) is 9.69 Å². The van der Waals surface area contributed by atoms with Crippen molar-refractivity contribution in [2.24, 2.45) is 0 Å². The number of carbonyl (C=O) groups is 1. The molecule has 1 saturated heterocycles. The Labute approximate surface area is 188 Å². The number of aromatic nitrogens is 4. The van der Waals surface area contributed by atoms with Gasteiger partial charge in [0.1, 0.15) is 5.75 Å². The van der Waals surface area contributed by atoms with E-state index in [4.69, 9.17) is 4.74 Å². The molecule has 2 aromatic carbocycles. The van der Waals surface area contributed by atoms with E-state index in [1.807, 2.05) is 31.2 Å². The minimum atomic E-state index is -4.42. The van der Waals surface area contributed by atoms with Gasteiger partial charge in [-0.2, -0.15) is 17.9 Å². The minimum Gasteiger partial charge on any atom is -0.494 e. The number of hydrogen-bond donors (Lipinski definition) is 0. The predicted molar refractivity (Wildman–Crippen MR) is 113 cm³/mol. The van der Waals surface area contributed by atoms with E-state index in [1.165, 1.54) is 12.1 Å². The van der Waals surface area contributed by atoms with E-state index in [0.29, 0.717) is 45.2 Å². The number of carbonyl (C=O) groups excluding carboxylic acids is 1. The SMILES string of the molecule is CCOc1ccc(-n2nnnc2CN2CCN(C(=O)c3ccc(C(F)(F)F)cc3)CC2)cc1. The smallest absolute Gasteiger partial charge is 0.416 e. The summed E-state index contributed by atoms with van der Waals surface area (Å²) in [4.78, 5) is 16.5. The highest BCUT2D eigenvalue weighted by atomic mass is 19.4. The average Bonchev–Trinajstić information content (AvgIpc) is 3.27. The molecule has 4 rings (SSSR count). The van der Waals surface area contributed by atoms with Crippen LogP contribution in [0.1, 0.15) is 28.7 Å². The molecule has 11 heteroatoms. The van der Waals surface area contributed by atoms with E-state index in [9.17, 15) is 18.0 Å². The van der Waals surface area contributed by atoms with Crippen LogP contribution < -0.4 is 4.74 Å². The molecule has 0 unspecified atom stereocenters. The third kappa shape index (κ3) is 5.30. The van der Waals surface area contributed by atoms with Gasteiger partial charge in [0, 0.05) is 31.7 Å². The van der Waals surface area contributed by atoms with Crippen molar-refractivity contribution in [2.75, 3.05) is 32.8 Å². The van der Waals surface area contributed by atoms with Crippen LogP contribution in [0.4, 0.5) is 13.2 Å². The van der Waals surface area contributed by atoms with Crippen LogP contribution in [0.2, 0.25) is 0 Å². The zero-order valence-electron chi connectivity index (χ0n) is 18.0. The molecule has 33 heavy (non-hydrogen) atoms. The summed E-state index contributed by atoms with van der Waals surface area (Å²) in [7, 11) is 0. The van der Waals surface area contributed by atoms with Crippen molar-refractivity contribution in [2.45, 2.75) is 19.6 Å². The number of halogens is 3. The van der Waals surface area contributed by atoms with E-state index < -0.39 is 11.7 Å². The average molecular weight is 460 g/mol. The van der Waals surface area contributed by atoms with Gasteiger partial charge in [-0.1, -0.05) is 0 Å². The van der Waals surface area contributed by atoms with Crippen molar-refractivity contribution in [3.8, 4) is 11.4 Å². The molecule has 1 aliphatic rings. The number of alkyl halides is 3. The fourth-order valence-corrected chi connectivity index (χ4v) is 3.65. The molecule has 0 saturated carbocycles. The van der Waals surface area contributed by atoms with Gasteiger partial charge in [-0.15, -0.1) is 5.10 Å². The van der Waals surface area contributed by atoms with E-state index in [-0.39, 0.29) is 11.5 Å². The Morgan fingerprint density at radius 2 is 1.67 bits per heavy atom. The molecule has 3 aromatic rings. The van der Waals surface area contributed by atoms with Gasteiger partial charge >= 0.3 is 6.18 Å². The Kier molecular flexibility index (Phi) is 6.59. The third-order valence-electron chi connectivity index (χ3n) is 5.41. The molecule has 0 N–H and O–H groups in total. The van der Waals surface area contributed by atoms with Crippen LogP contribution in [0.15, 0.2) is 48.5 Å². The molecule has 0 atom stereocenters. The molecule has 2 heterocycles. The van der Waals surface area contributed by atoms with Gasteiger partial charge < -0.3 is 9.64 Å². The molecule has 1 fully saturated rings. The largest absolute Gasteiger partial charge is 0.494 e. The van der Waals surface area contributed by atoms with E-state index in [2.05, 4.69) is 20.4 Å². The molecule has 1 aromatic heterocycles. The second-order valence-electron chi connectivity index (χ2n) is 7.58. The number of tetrazole rings is 1. The number of nitrogens with zero attached hydrogens (tertiary/aromatic N) is 6. The van der Waals surface area contributed by atoms with Crippen LogP contribution in [-0.2, 0) is 12.7 Å². The maximum absolute atomic E-state index is 12.7. The van der Waals surface area contributed by atoms with Crippen molar-refractivity contribution in [3.05, 3.63) is 65.5 Å². The highest BCUT2D eigenvalue weighted by molar-refractivity contribution is 5.94. The van der Waals surface area contributed by atoms with E-state index >= 15 is 0 Å². The van der Waals surface area contributed by atoms with Gasteiger partial charge in [-0.25, -0.2) is 0 Å². The van der Waals surface area contributed by atoms with Crippen molar-refractivity contribution in [3.63, 3.8) is 0 Å². The van der Waals surface area contributed by atoms with E-state index in [0.717, 1.165) is 23.6 Å². The standard InChI is InChI=1S/C22H23F3N6O2/c1-2-33-19-9-7-18(8-10-19)31-20(26-27-28-31)15-29-11-13-30(14-12-29)21(32)16-3-5-17(6-4-16)22(23,24)25/h3-10H,2,11-15H2,1H3. The Balaban J connectivity index is 1.35. The molecule has 0 aliphatic carbocycles. The zero-order valence-corrected chi connectivity index (χ0v) is 18.0. The van der Waals surface area contributed by atoms with Gasteiger partial charge in [-0.05, 0) is 65.9 Å². The highest BCUT2D eigenvalue weighted by Gasteiger charge is 2.31. The number of hydrogen-bond acceptors (Lipinski definition) is 6. The number of rotatable bonds is 6. The fourth-order valence-electron chi connectivity index (χ4n) is 3.65. The topological polar surface area (TPSA) is 76.4 Å². The lowest BCUT2D eigenvalue weighted by molar-refractivity contribution is -0.137. The first kappa shape index (κ1) is 22.7. The van der Waals surface area contributed by atoms with Crippen LogP contribution >= 0.6 is 0 Å². The molecular weight excluding hydrogens is 437 g/mol. The summed E-state index contributed by atoms with van der Waals surface area (Å²) < 4.78 is 45.3. The lowest BCUT2D eigenvalue weighted by Crippen LogP contribution is -2.48. The quantitative estimate of drug-likeness (QED) is 0.563. The van der Waals surface area contributed by atoms with Gasteiger partial charge in [0.05, 0.1) is 24.4 Å². The lowest BCUT2D eigenvalue weighted by Gasteiger charge is -2.34. The lowest BCUT2D eigenvalue weighted by atomic mass is 10.1. The Morgan fingerprint density at radius 1 is 1.00 bits per heavy atom. The predicted octanol–water partition coefficient (Wildman–Crippen LogP) is 3.04. The number of benzene rings is 2. The molecular formula is C22H23F3N6O2. The van der Waals surface area contributed by atoms with Crippen LogP contribution in [-0.4, -0.2) is 68.7 Å². The van der Waals surface area contributed by atoms with Gasteiger partial charge in [0.2, 0.25) is 0 Å². The van der Waals surface area contributed by atoms with Gasteiger partial charge in [0.15, 0.2) is 5.82 Å². The van der Waals surface area contributed by atoms with Crippen molar-refractivity contribution in [1.29, 1.82) is 0 Å². The first-order valence-electron chi connectivity index (χ1n) is 10.5. The third-order valence-corrected chi connectivity index (χ3v) is 5.41. The summed E-state index contributed by atoms with van der Waals surface area (Å²) >= 11 is 0. The molecule has 0 spiro atoms. The van der Waals surface area contributed by atoms with E-state index in [1.54, 1.807) is 9.58 Å². The normalized spacial score (nSPS) is 15.0. The van der Waals surface area contributed by atoms with Crippen molar-refractivity contribution in [1.82, 2.24) is 30.0 Å². The highest BCUT2D eigenvalue weighted by Crippen LogP contribution is 2.29. The monoisotopic (exact) mass is 460 g/mol. The minimum absolute atomic E-state index is 0.246. The molecule has 0 radical (unpaired) electrons. The maximum atomic E-state index is 12.7. The Bertz CT molecular complexity index is 1070. The second-order valence-corrected chi connectivity index (χ2v) is 7.58. The first-order valence-corrected chi connectivity index (χ1v) is 10.5. The van der Waals surface area contributed by atoms with Crippen LogP contribution in [0.5, 0.6) is 5.75 Å². The summed E-state index contributed by atoms with van der Waals surface area (Å²) in [6.45, 7) is 5.13. The summed E-state index contributed by atoms with van der Waals surface area (Å²) in [5.41, 5.74) is 0.291. The zero-order chi connectivity index (χ0) is 23.4. The number of amides is 1. The Morgan fingerprint density at radius 3 is 2.27 bits per heavy atom. The molecule has 1 aliphatic heterocycles. The molecule has 8 nitrogen and oxygen atoms in total. The number of piperazine rings is 1. The summed E-state index contributed by atoms with van der Waals surface area (Å²) in [6, 6.07) is 11.8. The fraction of sp³-hybridized carbons (Fsp3) is 0.364. The molecule has 174 valence electrons.